The van der Waals surface area contributed by atoms with Crippen LogP contribution in [0.2, 0.25) is 118 Å². The molecule has 0 fully saturated rings. The van der Waals surface area contributed by atoms with Gasteiger partial charge in [-0.2, -0.15) is 0 Å². The lowest BCUT2D eigenvalue weighted by atomic mass is 10.1. The molecular formula is C27H61PSi6. The molecule has 198 valence electrons. The summed E-state index contributed by atoms with van der Waals surface area (Å²) in [6.07, 6.45) is 0. The molecule has 0 saturated carbocycles. The quantitative estimate of drug-likeness (QED) is 0.200. The summed E-state index contributed by atoms with van der Waals surface area (Å²) in [7, 11) is -5.02. The van der Waals surface area contributed by atoms with Crippen LogP contribution in [0, 0.1) is 0 Å². The van der Waals surface area contributed by atoms with Crippen molar-refractivity contribution in [1.29, 1.82) is 0 Å². The Kier molecular flexibility index (Phi) is 9.95. The van der Waals surface area contributed by atoms with Gasteiger partial charge in [0.1, 0.15) is 0 Å². The van der Waals surface area contributed by atoms with Crippen molar-refractivity contribution in [1.82, 2.24) is 0 Å². The molecule has 0 heterocycles. The van der Waals surface area contributed by atoms with Crippen LogP contribution in [0.4, 0.5) is 0 Å². The zero-order valence-corrected chi connectivity index (χ0v) is 33.6. The van der Waals surface area contributed by atoms with E-state index in [1.165, 1.54) is 0 Å². The van der Waals surface area contributed by atoms with Crippen molar-refractivity contribution in [2.75, 3.05) is 0 Å². The highest BCUT2D eigenvalue weighted by molar-refractivity contribution is 7.28. The van der Waals surface area contributed by atoms with Crippen LogP contribution < -0.4 is 5.30 Å². The third-order valence-electron chi connectivity index (χ3n) is 7.42. The fourth-order valence-corrected chi connectivity index (χ4v) is 47.5. The summed E-state index contributed by atoms with van der Waals surface area (Å²) in [5.41, 5.74) is 5.23. The standard InChI is InChI=1S/C27H61PSi6/c1-29(2,3)25(30(4,5)6)21-19-22(26(31(7,8)9)32(10,11)12)24(28)23(20-21)27(33(13,14)15)34(16,17)18/h19-20,25-27H,28H2,1-18H3. The summed E-state index contributed by atoms with van der Waals surface area (Å²) in [4.78, 5) is 0. The summed E-state index contributed by atoms with van der Waals surface area (Å²) in [5.74, 6) is 0. The van der Waals surface area contributed by atoms with Crippen molar-refractivity contribution in [3.05, 3.63) is 28.8 Å². The maximum Gasteiger partial charge on any atom is 0.0493 e. The highest BCUT2D eigenvalue weighted by atomic mass is 31.0. The van der Waals surface area contributed by atoms with Crippen molar-refractivity contribution < 1.29 is 0 Å². The fraction of sp³-hybridized carbons (Fsp3) is 0.778. The molecule has 1 aromatic carbocycles. The predicted molar refractivity (Wildman–Crippen MR) is 184 cm³/mol. The van der Waals surface area contributed by atoms with E-state index < -0.39 is 48.4 Å². The highest BCUT2D eigenvalue weighted by Gasteiger charge is 2.45. The molecule has 0 aliphatic carbocycles. The Balaban J connectivity index is 4.31. The van der Waals surface area contributed by atoms with Gasteiger partial charge in [-0.25, -0.2) is 0 Å². The molecule has 1 atom stereocenters. The first-order chi connectivity index (χ1) is 14.6. The lowest BCUT2D eigenvalue weighted by Gasteiger charge is -2.45. The molecule has 1 unspecified atom stereocenters. The van der Waals surface area contributed by atoms with Gasteiger partial charge in [-0.15, -0.1) is 9.24 Å². The largest absolute Gasteiger partial charge is 0.105 e. The average molecular weight is 585 g/mol. The van der Waals surface area contributed by atoms with Gasteiger partial charge >= 0.3 is 0 Å². The minimum absolute atomic E-state index is 0.791. The topological polar surface area (TPSA) is 0 Å². The van der Waals surface area contributed by atoms with Crippen LogP contribution in [0.25, 0.3) is 0 Å². The zero-order chi connectivity index (χ0) is 27.5. The number of rotatable bonds is 9. The molecule has 1 aromatic rings. The van der Waals surface area contributed by atoms with E-state index >= 15 is 0 Å². The zero-order valence-electron chi connectivity index (χ0n) is 26.5. The Morgan fingerprint density at radius 1 is 0.412 bits per heavy atom. The van der Waals surface area contributed by atoms with Crippen LogP contribution >= 0.6 is 9.24 Å². The number of hydrogen-bond donors (Lipinski definition) is 0. The lowest BCUT2D eigenvalue weighted by molar-refractivity contribution is 1.10. The molecule has 0 amide bonds. The Morgan fingerprint density at radius 2 is 0.618 bits per heavy atom. The molecule has 34 heavy (non-hydrogen) atoms. The maximum absolute atomic E-state index is 3.34. The summed E-state index contributed by atoms with van der Waals surface area (Å²) in [5, 5.41) is 3.99. The first-order valence-corrected chi connectivity index (χ1v) is 35.6. The van der Waals surface area contributed by atoms with Gasteiger partial charge in [-0.05, 0) is 37.5 Å². The third kappa shape index (κ3) is 7.97. The van der Waals surface area contributed by atoms with Crippen molar-refractivity contribution in [3.8, 4) is 0 Å². The Labute approximate surface area is 224 Å². The predicted octanol–water partition coefficient (Wildman–Crippen LogP) is 9.70. The molecule has 1 rings (SSSR count). The van der Waals surface area contributed by atoms with Gasteiger partial charge < -0.3 is 0 Å². The molecule has 7 heteroatoms. The number of benzene rings is 1. The van der Waals surface area contributed by atoms with Crippen LogP contribution in [0.5, 0.6) is 0 Å². The normalized spacial score (nSPS) is 15.1. The Morgan fingerprint density at radius 3 is 0.794 bits per heavy atom. The van der Waals surface area contributed by atoms with E-state index in [1.807, 2.05) is 0 Å². The lowest BCUT2D eigenvalue weighted by Crippen LogP contribution is -2.51. The molecule has 0 spiro atoms. The van der Waals surface area contributed by atoms with Gasteiger partial charge in [0.25, 0.3) is 0 Å². The smallest absolute Gasteiger partial charge is 0.0493 e. The van der Waals surface area contributed by atoms with Crippen molar-refractivity contribution >= 4 is 63.0 Å². The average Bonchev–Trinajstić information content (AvgIpc) is 2.42. The van der Waals surface area contributed by atoms with E-state index in [0.717, 1.165) is 15.5 Å². The van der Waals surface area contributed by atoms with E-state index in [0.29, 0.717) is 0 Å². The summed E-state index contributed by atoms with van der Waals surface area (Å²) >= 11 is 0. The molecule has 0 aliphatic heterocycles. The monoisotopic (exact) mass is 584 g/mol. The van der Waals surface area contributed by atoms with Gasteiger partial charge in [0.15, 0.2) is 0 Å². The Hall–Kier alpha value is 0.951. The number of hydrogen-bond acceptors (Lipinski definition) is 0. The first kappa shape index (κ1) is 33.0. The molecule has 0 saturated heterocycles. The fourth-order valence-electron chi connectivity index (χ4n) is 8.13. The maximum atomic E-state index is 3.34. The minimum atomic E-state index is -1.40. The van der Waals surface area contributed by atoms with Crippen LogP contribution in [0.1, 0.15) is 32.2 Å². The van der Waals surface area contributed by atoms with Gasteiger partial charge in [0.05, 0.1) is 0 Å². The van der Waals surface area contributed by atoms with Gasteiger partial charge in [-0.3, -0.25) is 0 Å². The van der Waals surface area contributed by atoms with Crippen LogP contribution in [0.15, 0.2) is 12.1 Å². The molecule has 0 N–H and O–H groups in total. The van der Waals surface area contributed by atoms with Crippen molar-refractivity contribution in [2.45, 2.75) is 133 Å². The van der Waals surface area contributed by atoms with Crippen molar-refractivity contribution in [3.63, 3.8) is 0 Å². The molecule has 0 aliphatic rings. The second-order valence-electron chi connectivity index (χ2n) is 17.6. The van der Waals surface area contributed by atoms with E-state index in [9.17, 15) is 0 Å². The van der Waals surface area contributed by atoms with E-state index in [2.05, 4.69) is 139 Å². The first-order valence-electron chi connectivity index (χ1n) is 13.5. The Bertz CT molecular complexity index is 757. The van der Waals surface area contributed by atoms with Crippen molar-refractivity contribution in [2.24, 2.45) is 0 Å². The van der Waals surface area contributed by atoms with E-state index in [-0.39, 0.29) is 0 Å². The summed E-state index contributed by atoms with van der Waals surface area (Å²) in [6.45, 7) is 47.4. The molecular weight excluding hydrogens is 524 g/mol. The molecule has 0 nitrogen and oxygen atoms in total. The van der Waals surface area contributed by atoms with Crippen LogP contribution in [-0.2, 0) is 0 Å². The van der Waals surface area contributed by atoms with E-state index in [4.69, 9.17) is 0 Å². The van der Waals surface area contributed by atoms with Gasteiger partial charge in [0.2, 0.25) is 0 Å². The molecule has 0 aromatic heterocycles. The highest BCUT2D eigenvalue weighted by Crippen LogP contribution is 2.44. The van der Waals surface area contributed by atoms with Crippen LogP contribution in [-0.4, -0.2) is 48.4 Å². The summed E-state index contributed by atoms with van der Waals surface area (Å²) < 4.78 is 0. The third-order valence-corrected chi connectivity index (χ3v) is 36.0. The van der Waals surface area contributed by atoms with Crippen LogP contribution in [0.3, 0.4) is 0 Å². The summed E-state index contributed by atoms with van der Waals surface area (Å²) in [6, 6.07) is 5.55. The molecule has 0 bridgehead atoms. The van der Waals surface area contributed by atoms with Gasteiger partial charge in [0, 0.05) is 48.4 Å². The second kappa shape index (κ2) is 10.3. The SMILES string of the molecule is C[Si](C)(C)C(c1cc(C([Si](C)(C)C)[Si](C)(C)C)c(P)c(C([Si](C)(C)C)[Si](C)(C)C)c1)[Si](C)(C)C. The second-order valence-corrected chi connectivity index (χ2v) is 51.8. The molecule has 0 radical (unpaired) electrons. The minimum Gasteiger partial charge on any atom is -0.105 e. The van der Waals surface area contributed by atoms with E-state index in [1.54, 1.807) is 22.0 Å². The van der Waals surface area contributed by atoms with Gasteiger partial charge in [-0.1, -0.05) is 130 Å².